The molecule has 0 bridgehead atoms. The maximum atomic E-state index is 12.7. The van der Waals surface area contributed by atoms with Crippen LogP contribution in [-0.2, 0) is 11.3 Å². The first-order valence-corrected chi connectivity index (χ1v) is 11.0. The molecule has 0 spiro atoms. The minimum absolute atomic E-state index is 0.189. The number of benzene rings is 2. The number of amides is 1. The van der Waals surface area contributed by atoms with Gasteiger partial charge >= 0.3 is 5.97 Å². The number of carbonyl (C=O) groups excluding carboxylic acids is 2. The van der Waals surface area contributed by atoms with Crippen molar-refractivity contribution in [1.82, 2.24) is 9.55 Å². The molecule has 0 radical (unpaired) electrons. The zero-order chi connectivity index (χ0) is 20.8. The summed E-state index contributed by atoms with van der Waals surface area (Å²) in [5.41, 5.74) is 1.69. The molecule has 0 aliphatic rings. The molecule has 0 fully saturated rings. The van der Waals surface area contributed by atoms with Crippen LogP contribution in [0.1, 0.15) is 33.3 Å². The van der Waals surface area contributed by atoms with E-state index in [1.165, 1.54) is 11.8 Å². The lowest BCUT2D eigenvalue weighted by Gasteiger charge is -2.11. The van der Waals surface area contributed by atoms with Crippen molar-refractivity contribution >= 4 is 45.4 Å². The van der Waals surface area contributed by atoms with Crippen LogP contribution < -0.4 is 5.32 Å². The summed E-state index contributed by atoms with van der Waals surface area (Å²) in [6.45, 7) is 2.40. The Kier molecular flexibility index (Phi) is 7.11. The van der Waals surface area contributed by atoms with Gasteiger partial charge in [-0.1, -0.05) is 64.1 Å². The number of carbonyl (C=O) groups is 2. The van der Waals surface area contributed by atoms with Crippen molar-refractivity contribution in [2.24, 2.45) is 0 Å². The topological polar surface area (TPSA) is 73.2 Å². The van der Waals surface area contributed by atoms with E-state index in [4.69, 9.17) is 4.74 Å². The average Bonchev–Trinajstić information content (AvgIpc) is 3.05. The number of hydrogen-bond donors (Lipinski definition) is 1. The SMILES string of the molecule is CCOC(=O)c1c(NC(=O)c2cccc(Br)c2)nc(SC)n1Cc1ccccc1. The van der Waals surface area contributed by atoms with E-state index in [1.807, 2.05) is 42.7 Å². The Morgan fingerprint density at radius 2 is 1.93 bits per heavy atom. The number of nitrogens with one attached hydrogen (secondary N) is 1. The molecule has 2 aromatic carbocycles. The monoisotopic (exact) mass is 473 g/mol. The van der Waals surface area contributed by atoms with E-state index >= 15 is 0 Å². The van der Waals surface area contributed by atoms with Crippen LogP contribution in [0.2, 0.25) is 0 Å². The third-order valence-corrected chi connectivity index (χ3v) is 5.26. The van der Waals surface area contributed by atoms with E-state index in [-0.39, 0.29) is 24.0 Å². The van der Waals surface area contributed by atoms with Crippen molar-refractivity contribution in [2.45, 2.75) is 18.6 Å². The first kappa shape index (κ1) is 21.1. The van der Waals surface area contributed by atoms with Crippen LogP contribution in [0.15, 0.2) is 64.2 Å². The van der Waals surface area contributed by atoms with Crippen molar-refractivity contribution in [3.8, 4) is 0 Å². The molecule has 3 aromatic rings. The molecule has 1 N–H and O–H groups in total. The molecule has 0 unspecified atom stereocenters. The quantitative estimate of drug-likeness (QED) is 0.392. The van der Waals surface area contributed by atoms with Gasteiger partial charge < -0.3 is 14.6 Å². The van der Waals surface area contributed by atoms with E-state index < -0.39 is 5.97 Å². The molecule has 1 aromatic heterocycles. The Morgan fingerprint density at radius 1 is 1.17 bits per heavy atom. The molecule has 29 heavy (non-hydrogen) atoms. The normalized spacial score (nSPS) is 10.6. The maximum Gasteiger partial charge on any atom is 0.358 e. The molecule has 0 saturated heterocycles. The fourth-order valence-electron chi connectivity index (χ4n) is 2.80. The first-order valence-electron chi connectivity index (χ1n) is 8.96. The van der Waals surface area contributed by atoms with Crippen LogP contribution in [0.4, 0.5) is 5.82 Å². The highest BCUT2D eigenvalue weighted by Gasteiger charge is 2.26. The second-order valence-corrected chi connectivity index (χ2v) is 7.74. The summed E-state index contributed by atoms with van der Waals surface area (Å²) in [6.07, 6.45) is 1.87. The molecule has 8 heteroatoms. The predicted molar refractivity (Wildman–Crippen MR) is 118 cm³/mol. The molecular formula is C21H20BrN3O3S. The minimum atomic E-state index is -0.527. The smallest absolute Gasteiger partial charge is 0.358 e. The molecule has 0 saturated carbocycles. The largest absolute Gasteiger partial charge is 0.461 e. The van der Waals surface area contributed by atoms with Gasteiger partial charge in [-0.2, -0.15) is 0 Å². The Hall–Kier alpha value is -2.58. The van der Waals surface area contributed by atoms with Crippen LogP contribution in [-0.4, -0.2) is 34.3 Å². The third kappa shape index (κ3) is 5.07. The average molecular weight is 474 g/mol. The molecule has 3 rings (SSSR count). The van der Waals surface area contributed by atoms with Crippen molar-refractivity contribution in [1.29, 1.82) is 0 Å². The van der Waals surface area contributed by atoms with E-state index in [1.54, 1.807) is 29.7 Å². The number of imidazole rings is 1. The maximum absolute atomic E-state index is 12.7. The number of thioether (sulfide) groups is 1. The van der Waals surface area contributed by atoms with Gasteiger partial charge in [0.05, 0.1) is 13.2 Å². The van der Waals surface area contributed by atoms with Gasteiger partial charge in [0, 0.05) is 10.0 Å². The van der Waals surface area contributed by atoms with Gasteiger partial charge in [0.1, 0.15) is 0 Å². The molecule has 150 valence electrons. The van der Waals surface area contributed by atoms with Gasteiger partial charge in [-0.25, -0.2) is 9.78 Å². The molecular weight excluding hydrogens is 454 g/mol. The lowest BCUT2D eigenvalue weighted by molar-refractivity contribution is 0.0514. The zero-order valence-corrected chi connectivity index (χ0v) is 18.4. The Labute approximate surface area is 181 Å². The molecule has 0 aliphatic carbocycles. The predicted octanol–water partition coefficient (Wildman–Crippen LogP) is 4.84. The van der Waals surface area contributed by atoms with Crippen LogP contribution >= 0.6 is 27.7 Å². The summed E-state index contributed by atoms with van der Waals surface area (Å²) in [4.78, 5) is 30.0. The second kappa shape index (κ2) is 9.76. The standard InChI is InChI=1S/C21H20BrN3O3S/c1-3-28-20(27)17-18(23-19(26)15-10-7-11-16(22)12-15)24-21(29-2)25(17)13-14-8-5-4-6-9-14/h4-12H,3,13H2,1-2H3,(H,23,26). The summed E-state index contributed by atoms with van der Waals surface area (Å²) in [5, 5.41) is 3.38. The van der Waals surface area contributed by atoms with E-state index in [0.29, 0.717) is 17.3 Å². The summed E-state index contributed by atoms with van der Waals surface area (Å²) in [5.74, 6) is -0.691. The van der Waals surface area contributed by atoms with Crippen LogP contribution in [0.3, 0.4) is 0 Å². The summed E-state index contributed by atoms with van der Waals surface area (Å²) >= 11 is 4.76. The van der Waals surface area contributed by atoms with Crippen LogP contribution in [0, 0.1) is 0 Å². The Bertz CT molecular complexity index is 1020. The molecule has 0 atom stereocenters. The van der Waals surface area contributed by atoms with E-state index in [9.17, 15) is 9.59 Å². The van der Waals surface area contributed by atoms with Crippen LogP contribution in [0.5, 0.6) is 0 Å². The lowest BCUT2D eigenvalue weighted by Crippen LogP contribution is -2.18. The lowest BCUT2D eigenvalue weighted by atomic mass is 10.2. The van der Waals surface area contributed by atoms with E-state index in [2.05, 4.69) is 26.2 Å². The highest BCUT2D eigenvalue weighted by Crippen LogP contribution is 2.26. The number of anilines is 1. The molecule has 0 aliphatic heterocycles. The number of ether oxygens (including phenoxy) is 1. The van der Waals surface area contributed by atoms with Crippen molar-refractivity contribution in [2.75, 3.05) is 18.2 Å². The first-order chi connectivity index (χ1) is 14.0. The van der Waals surface area contributed by atoms with E-state index in [0.717, 1.165) is 10.0 Å². The van der Waals surface area contributed by atoms with Gasteiger partial charge in [0.15, 0.2) is 16.7 Å². The highest BCUT2D eigenvalue weighted by molar-refractivity contribution is 9.10. The number of aromatic nitrogens is 2. The fraction of sp³-hybridized carbons (Fsp3) is 0.190. The number of hydrogen-bond acceptors (Lipinski definition) is 5. The van der Waals surface area contributed by atoms with Gasteiger partial charge in [-0.3, -0.25) is 4.79 Å². The number of halogens is 1. The highest BCUT2D eigenvalue weighted by atomic mass is 79.9. The number of nitrogens with zero attached hydrogens (tertiary/aromatic N) is 2. The fourth-order valence-corrected chi connectivity index (χ4v) is 3.76. The van der Waals surface area contributed by atoms with Crippen molar-refractivity contribution in [3.63, 3.8) is 0 Å². The molecule has 6 nitrogen and oxygen atoms in total. The van der Waals surface area contributed by atoms with Gasteiger partial charge in [0.25, 0.3) is 5.91 Å². The van der Waals surface area contributed by atoms with Gasteiger partial charge in [0.2, 0.25) is 0 Å². The van der Waals surface area contributed by atoms with Gasteiger partial charge in [-0.05, 0) is 36.9 Å². The zero-order valence-electron chi connectivity index (χ0n) is 16.0. The number of rotatable bonds is 7. The van der Waals surface area contributed by atoms with Crippen molar-refractivity contribution < 1.29 is 14.3 Å². The summed E-state index contributed by atoms with van der Waals surface area (Å²) < 4.78 is 7.80. The number of esters is 1. The second-order valence-electron chi connectivity index (χ2n) is 6.05. The summed E-state index contributed by atoms with van der Waals surface area (Å²) in [7, 11) is 0. The summed E-state index contributed by atoms with van der Waals surface area (Å²) in [6, 6.07) is 16.8. The van der Waals surface area contributed by atoms with Crippen LogP contribution in [0.25, 0.3) is 0 Å². The van der Waals surface area contributed by atoms with Crippen molar-refractivity contribution in [3.05, 3.63) is 75.9 Å². The minimum Gasteiger partial charge on any atom is -0.461 e. The Morgan fingerprint density at radius 3 is 2.59 bits per heavy atom. The molecule has 1 amide bonds. The molecule has 1 heterocycles. The third-order valence-electron chi connectivity index (χ3n) is 4.09. The van der Waals surface area contributed by atoms with Gasteiger partial charge in [-0.15, -0.1) is 0 Å². The Balaban J connectivity index is 2.01.